The van der Waals surface area contributed by atoms with Gasteiger partial charge in [-0.05, 0) is 0 Å². The van der Waals surface area contributed by atoms with Gasteiger partial charge in [0.25, 0.3) is 0 Å². The molecule has 1 heterocycles. The molecule has 156 valence electrons. The number of halogens is 8. The molecule has 0 saturated heterocycles. The summed E-state index contributed by atoms with van der Waals surface area (Å²) in [6.07, 6.45) is -11.5. The highest BCUT2D eigenvalue weighted by molar-refractivity contribution is 6.04. The van der Waals surface area contributed by atoms with Crippen molar-refractivity contribution in [3.63, 3.8) is 0 Å². The summed E-state index contributed by atoms with van der Waals surface area (Å²) in [4.78, 5) is 24.8. The zero-order chi connectivity index (χ0) is 21.4. The lowest BCUT2D eigenvalue weighted by molar-refractivity contribution is -0.159. The van der Waals surface area contributed by atoms with Gasteiger partial charge in [0, 0.05) is 18.7 Å². The molecule has 28 heavy (non-hydrogen) atoms. The number of ether oxygens (including phenoxy) is 1. The highest BCUT2D eigenvalue weighted by Gasteiger charge is 2.41. The Morgan fingerprint density at radius 1 is 1.07 bits per heavy atom. The van der Waals surface area contributed by atoms with Gasteiger partial charge in [-0.1, -0.05) is 6.92 Å². The first-order chi connectivity index (χ1) is 12.7. The van der Waals surface area contributed by atoms with E-state index < -0.39 is 73.0 Å². The predicted molar refractivity (Wildman–Crippen MR) is 78.7 cm³/mol. The first kappa shape index (κ1) is 21.7. The molecule has 0 spiro atoms. The molecule has 0 saturated carbocycles. The van der Waals surface area contributed by atoms with Gasteiger partial charge in [-0.2, -0.15) is 26.3 Å². The van der Waals surface area contributed by atoms with E-state index >= 15 is 0 Å². The van der Waals surface area contributed by atoms with Crippen molar-refractivity contribution in [1.82, 2.24) is 0 Å². The van der Waals surface area contributed by atoms with Crippen molar-refractivity contribution in [2.24, 2.45) is 5.92 Å². The Morgan fingerprint density at radius 2 is 1.61 bits per heavy atom. The Balaban J connectivity index is 2.54. The van der Waals surface area contributed by atoms with Crippen LogP contribution in [-0.4, -0.2) is 44.0 Å². The maximum Gasteiger partial charge on any atom is 0.422 e. The Morgan fingerprint density at radius 3 is 2.11 bits per heavy atom. The zero-order valence-corrected chi connectivity index (χ0v) is 14.0. The van der Waals surface area contributed by atoms with Crippen molar-refractivity contribution in [2.75, 3.05) is 29.5 Å². The number of hydrogen-bond acceptors (Lipinski definition) is 3. The van der Waals surface area contributed by atoms with Gasteiger partial charge < -0.3 is 9.64 Å². The SMILES string of the molecule is CC1CN(C(=O)OCC(F)(F)F)c2cc(F)c(F)cc2N(CC(F)(F)F)C1=O. The molecule has 1 unspecified atom stereocenters. The summed E-state index contributed by atoms with van der Waals surface area (Å²) >= 11 is 0. The Hall–Kier alpha value is -2.60. The molecular weight excluding hydrogens is 408 g/mol. The number of hydrogen-bond donors (Lipinski definition) is 0. The molecule has 0 N–H and O–H groups in total. The number of nitrogens with zero attached hydrogens (tertiary/aromatic N) is 2. The van der Waals surface area contributed by atoms with Crippen LogP contribution in [0.25, 0.3) is 0 Å². The second-order valence-electron chi connectivity index (χ2n) is 5.98. The van der Waals surface area contributed by atoms with Gasteiger partial charge in [-0.3, -0.25) is 9.69 Å². The van der Waals surface area contributed by atoms with Crippen molar-refractivity contribution < 1.29 is 49.4 Å². The quantitative estimate of drug-likeness (QED) is 0.680. The van der Waals surface area contributed by atoms with E-state index in [1.165, 1.54) is 0 Å². The largest absolute Gasteiger partial charge is 0.439 e. The van der Waals surface area contributed by atoms with Crippen molar-refractivity contribution in [1.29, 1.82) is 0 Å². The minimum Gasteiger partial charge on any atom is -0.439 e. The molecule has 1 aromatic rings. The summed E-state index contributed by atoms with van der Waals surface area (Å²) in [6, 6.07) is 0.574. The first-order valence-corrected chi connectivity index (χ1v) is 7.58. The fourth-order valence-corrected chi connectivity index (χ4v) is 2.53. The number of benzene rings is 1. The van der Waals surface area contributed by atoms with E-state index in [1.807, 2.05) is 0 Å². The highest BCUT2D eigenvalue weighted by Crippen LogP contribution is 2.38. The van der Waals surface area contributed by atoms with Crippen molar-refractivity contribution in [3.05, 3.63) is 23.8 Å². The number of alkyl halides is 6. The van der Waals surface area contributed by atoms with E-state index in [0.717, 1.165) is 6.92 Å². The average molecular weight is 420 g/mol. The molecule has 0 bridgehead atoms. The van der Waals surface area contributed by atoms with E-state index in [-0.39, 0.29) is 11.0 Å². The molecule has 0 aliphatic carbocycles. The van der Waals surface area contributed by atoms with E-state index in [0.29, 0.717) is 11.0 Å². The van der Waals surface area contributed by atoms with Crippen LogP contribution >= 0.6 is 0 Å². The second kappa shape index (κ2) is 7.43. The molecule has 1 aromatic carbocycles. The minimum absolute atomic E-state index is 0.0968. The maximum absolute atomic E-state index is 13.7. The molecule has 1 aliphatic rings. The molecule has 2 rings (SSSR count). The highest BCUT2D eigenvalue weighted by atomic mass is 19.4. The number of rotatable bonds is 2. The van der Waals surface area contributed by atoms with Crippen LogP contribution in [0.4, 0.5) is 51.3 Å². The average Bonchev–Trinajstić information content (AvgIpc) is 2.63. The normalized spacial score (nSPS) is 18.0. The van der Waals surface area contributed by atoms with Crippen molar-refractivity contribution in [3.8, 4) is 0 Å². The van der Waals surface area contributed by atoms with Crippen LogP contribution < -0.4 is 9.80 Å². The van der Waals surface area contributed by atoms with Crippen molar-refractivity contribution in [2.45, 2.75) is 19.3 Å². The summed E-state index contributed by atoms with van der Waals surface area (Å²) in [5.74, 6) is -5.71. The van der Waals surface area contributed by atoms with Crippen LogP contribution in [0.3, 0.4) is 0 Å². The summed E-state index contributed by atoms with van der Waals surface area (Å²) in [5.41, 5.74) is -1.55. The van der Waals surface area contributed by atoms with Gasteiger partial charge >= 0.3 is 18.4 Å². The van der Waals surface area contributed by atoms with Gasteiger partial charge in [0.05, 0.1) is 17.3 Å². The van der Waals surface area contributed by atoms with Gasteiger partial charge in [-0.15, -0.1) is 0 Å². The third kappa shape index (κ3) is 5.01. The Labute approximate surface area is 152 Å². The molecule has 2 amide bonds. The van der Waals surface area contributed by atoms with Gasteiger partial charge in [0.2, 0.25) is 5.91 Å². The molecule has 0 aromatic heterocycles. The summed E-state index contributed by atoms with van der Waals surface area (Å²) < 4.78 is 107. The fourth-order valence-electron chi connectivity index (χ4n) is 2.53. The predicted octanol–water partition coefficient (Wildman–Crippen LogP) is 4.02. The van der Waals surface area contributed by atoms with Crippen LogP contribution in [0, 0.1) is 17.6 Å². The summed E-state index contributed by atoms with van der Waals surface area (Å²) in [6.45, 7) is -3.49. The second-order valence-corrected chi connectivity index (χ2v) is 5.98. The number of anilines is 2. The van der Waals surface area contributed by atoms with Gasteiger partial charge in [-0.25, -0.2) is 13.6 Å². The summed E-state index contributed by atoms with van der Waals surface area (Å²) in [7, 11) is 0. The molecule has 13 heteroatoms. The lowest BCUT2D eigenvalue weighted by Gasteiger charge is -2.26. The van der Waals surface area contributed by atoms with Crippen LogP contribution in [0.2, 0.25) is 0 Å². The van der Waals surface area contributed by atoms with E-state index in [4.69, 9.17) is 0 Å². The lowest BCUT2D eigenvalue weighted by atomic mass is 10.1. The Bertz CT molecular complexity index is 778. The number of carbonyl (C=O) groups is 2. The lowest BCUT2D eigenvalue weighted by Crippen LogP contribution is -2.42. The topological polar surface area (TPSA) is 49.9 Å². The van der Waals surface area contributed by atoms with Crippen LogP contribution in [-0.2, 0) is 9.53 Å². The van der Waals surface area contributed by atoms with Crippen LogP contribution in [0.1, 0.15) is 6.92 Å². The van der Waals surface area contributed by atoms with Crippen LogP contribution in [0.15, 0.2) is 12.1 Å². The third-order valence-electron chi connectivity index (χ3n) is 3.66. The zero-order valence-electron chi connectivity index (χ0n) is 14.0. The fraction of sp³-hybridized carbons (Fsp3) is 0.467. The van der Waals surface area contributed by atoms with E-state index in [2.05, 4.69) is 4.74 Å². The number of fused-ring (bicyclic) bond motifs is 1. The van der Waals surface area contributed by atoms with Crippen molar-refractivity contribution >= 4 is 23.4 Å². The maximum atomic E-state index is 13.7. The first-order valence-electron chi connectivity index (χ1n) is 7.58. The van der Waals surface area contributed by atoms with Gasteiger partial charge in [0.1, 0.15) is 6.54 Å². The summed E-state index contributed by atoms with van der Waals surface area (Å²) in [5, 5.41) is 0. The molecule has 1 aliphatic heterocycles. The molecule has 0 radical (unpaired) electrons. The molecule has 0 fully saturated rings. The third-order valence-corrected chi connectivity index (χ3v) is 3.66. The Kier molecular flexibility index (Phi) is 5.76. The van der Waals surface area contributed by atoms with E-state index in [9.17, 15) is 44.7 Å². The van der Waals surface area contributed by atoms with Gasteiger partial charge in [0.15, 0.2) is 18.2 Å². The molecule has 1 atom stereocenters. The standard InChI is InChI=1S/C15H12F8N2O3/c1-7-4-24(13(27)28-6-15(21,22)23)10-2-8(16)9(17)3-11(10)25(12(7)26)5-14(18,19)20/h2-3,7H,4-6H2,1H3. The number of amides is 2. The molecular formula is C15H12F8N2O3. The minimum atomic E-state index is -4.93. The van der Waals surface area contributed by atoms with Crippen LogP contribution in [0.5, 0.6) is 0 Å². The molecule has 5 nitrogen and oxygen atoms in total. The smallest absolute Gasteiger partial charge is 0.422 e. The van der Waals surface area contributed by atoms with E-state index in [1.54, 1.807) is 0 Å². The number of carbonyl (C=O) groups excluding carboxylic acids is 2. The monoisotopic (exact) mass is 420 g/mol.